The molecule has 1 amide bonds. The molecule has 2 N–H and O–H groups in total. The fourth-order valence-corrected chi connectivity index (χ4v) is 1.55. The van der Waals surface area contributed by atoms with E-state index in [1.54, 1.807) is 31.2 Å². The molecule has 0 aliphatic heterocycles. The lowest BCUT2D eigenvalue weighted by molar-refractivity contribution is -0.131. The molecule has 0 radical (unpaired) electrons. The number of carboxylic acid groups (broad SMARTS) is 1. The molecule has 0 saturated carbocycles. The first kappa shape index (κ1) is 13.5. The van der Waals surface area contributed by atoms with Gasteiger partial charge in [-0.15, -0.1) is 0 Å². The summed E-state index contributed by atoms with van der Waals surface area (Å²) in [6.45, 7) is 1.72. The van der Waals surface area contributed by atoms with Crippen LogP contribution in [0.2, 0.25) is 0 Å². The van der Waals surface area contributed by atoms with Gasteiger partial charge >= 0.3 is 5.97 Å². The first-order chi connectivity index (χ1) is 9.54. The van der Waals surface area contributed by atoms with Gasteiger partial charge in [0.1, 0.15) is 0 Å². The van der Waals surface area contributed by atoms with Crippen LogP contribution in [0.15, 0.2) is 40.9 Å². The molecule has 20 heavy (non-hydrogen) atoms. The van der Waals surface area contributed by atoms with E-state index in [4.69, 9.17) is 9.63 Å². The van der Waals surface area contributed by atoms with Gasteiger partial charge in [0.25, 0.3) is 5.91 Å². The third kappa shape index (κ3) is 3.55. The molecule has 6 heteroatoms. The van der Waals surface area contributed by atoms with Crippen LogP contribution in [0.25, 0.3) is 6.08 Å². The molecule has 0 atom stereocenters. The lowest BCUT2D eigenvalue weighted by atomic mass is 10.2. The number of benzene rings is 1. The third-order valence-corrected chi connectivity index (χ3v) is 2.41. The van der Waals surface area contributed by atoms with E-state index in [0.29, 0.717) is 16.9 Å². The van der Waals surface area contributed by atoms with Crippen molar-refractivity contribution >= 4 is 23.6 Å². The Hall–Kier alpha value is -2.89. The molecule has 0 spiro atoms. The average Bonchev–Trinajstić information content (AvgIpc) is 2.84. The number of amides is 1. The van der Waals surface area contributed by atoms with Gasteiger partial charge in [0.05, 0.1) is 5.69 Å². The molecule has 0 aliphatic rings. The van der Waals surface area contributed by atoms with E-state index in [-0.39, 0.29) is 5.76 Å². The van der Waals surface area contributed by atoms with Crippen molar-refractivity contribution in [1.29, 1.82) is 0 Å². The molecule has 102 valence electrons. The van der Waals surface area contributed by atoms with Crippen LogP contribution in [0, 0.1) is 6.92 Å². The van der Waals surface area contributed by atoms with Crippen molar-refractivity contribution in [2.24, 2.45) is 0 Å². The lowest BCUT2D eigenvalue weighted by Crippen LogP contribution is -2.10. The van der Waals surface area contributed by atoms with Gasteiger partial charge in [0.2, 0.25) is 5.76 Å². The van der Waals surface area contributed by atoms with Gasteiger partial charge in [0, 0.05) is 17.8 Å². The molecule has 1 heterocycles. The van der Waals surface area contributed by atoms with E-state index < -0.39 is 11.9 Å². The van der Waals surface area contributed by atoms with Gasteiger partial charge in [0.15, 0.2) is 0 Å². The normalized spacial score (nSPS) is 10.7. The van der Waals surface area contributed by atoms with Crippen molar-refractivity contribution in [3.63, 3.8) is 0 Å². The summed E-state index contributed by atoms with van der Waals surface area (Å²) >= 11 is 0. The summed E-state index contributed by atoms with van der Waals surface area (Å²) < 4.78 is 4.85. The molecule has 2 rings (SSSR count). The van der Waals surface area contributed by atoms with Gasteiger partial charge in [-0.05, 0) is 30.7 Å². The summed E-state index contributed by atoms with van der Waals surface area (Å²) in [6.07, 6.45) is 2.47. The molecule has 2 aromatic rings. The second-order valence-corrected chi connectivity index (χ2v) is 4.08. The van der Waals surface area contributed by atoms with Crippen molar-refractivity contribution in [2.75, 3.05) is 5.32 Å². The standard InChI is InChI=1S/C14H12N2O4/c1-9-7-12(20-16-9)14(19)15-11-4-2-3-10(8-11)5-6-13(17)18/h2-8H,1H3,(H,15,19)(H,17,18)/b6-5+. The molecule has 0 aliphatic carbocycles. The summed E-state index contributed by atoms with van der Waals surface area (Å²) in [7, 11) is 0. The van der Waals surface area contributed by atoms with Crippen molar-refractivity contribution < 1.29 is 19.2 Å². The Bertz CT molecular complexity index is 673. The topological polar surface area (TPSA) is 92.4 Å². The molecule has 1 aromatic carbocycles. The number of aromatic nitrogens is 1. The number of carbonyl (C=O) groups is 2. The SMILES string of the molecule is Cc1cc(C(=O)Nc2cccc(/C=C/C(=O)O)c2)on1. The Morgan fingerprint density at radius 1 is 1.35 bits per heavy atom. The predicted molar refractivity (Wildman–Crippen MR) is 72.3 cm³/mol. The smallest absolute Gasteiger partial charge is 0.328 e. The van der Waals surface area contributed by atoms with Crippen LogP contribution < -0.4 is 5.32 Å². The van der Waals surface area contributed by atoms with Gasteiger partial charge < -0.3 is 14.9 Å². The maximum absolute atomic E-state index is 11.8. The predicted octanol–water partition coefficient (Wildman–Crippen LogP) is 2.33. The fourth-order valence-electron chi connectivity index (χ4n) is 1.55. The van der Waals surface area contributed by atoms with Crippen molar-refractivity contribution in [2.45, 2.75) is 6.92 Å². The van der Waals surface area contributed by atoms with Crippen molar-refractivity contribution in [3.05, 3.63) is 53.4 Å². The van der Waals surface area contributed by atoms with E-state index in [1.165, 1.54) is 12.1 Å². The summed E-state index contributed by atoms with van der Waals surface area (Å²) in [5.74, 6) is -1.32. The monoisotopic (exact) mass is 272 g/mol. The number of hydrogen-bond donors (Lipinski definition) is 2. The average molecular weight is 272 g/mol. The number of aliphatic carboxylic acids is 1. The van der Waals surface area contributed by atoms with Crippen LogP contribution in [0.1, 0.15) is 21.8 Å². The number of hydrogen-bond acceptors (Lipinski definition) is 4. The zero-order valence-electron chi connectivity index (χ0n) is 10.7. The number of nitrogens with zero attached hydrogens (tertiary/aromatic N) is 1. The molecule has 0 saturated heterocycles. The summed E-state index contributed by atoms with van der Waals surface area (Å²) in [5.41, 5.74) is 1.82. The lowest BCUT2D eigenvalue weighted by Gasteiger charge is -2.03. The fraction of sp³-hybridized carbons (Fsp3) is 0.0714. The summed E-state index contributed by atoms with van der Waals surface area (Å²) in [5, 5.41) is 14.8. The minimum absolute atomic E-state index is 0.119. The highest BCUT2D eigenvalue weighted by Gasteiger charge is 2.11. The maximum atomic E-state index is 11.8. The zero-order chi connectivity index (χ0) is 14.5. The van der Waals surface area contributed by atoms with Gasteiger partial charge in [-0.25, -0.2) is 4.79 Å². The van der Waals surface area contributed by atoms with Gasteiger partial charge in [-0.3, -0.25) is 4.79 Å². The molecule has 0 unspecified atom stereocenters. The van der Waals surface area contributed by atoms with Crippen LogP contribution in [-0.2, 0) is 4.79 Å². The number of carboxylic acids is 1. The van der Waals surface area contributed by atoms with Gasteiger partial charge in [-0.1, -0.05) is 17.3 Å². The Labute approximate surface area is 114 Å². The Morgan fingerprint density at radius 3 is 2.80 bits per heavy atom. The maximum Gasteiger partial charge on any atom is 0.328 e. The Morgan fingerprint density at radius 2 is 2.15 bits per heavy atom. The first-order valence-electron chi connectivity index (χ1n) is 5.80. The molecule has 0 bridgehead atoms. The molecular formula is C14H12N2O4. The van der Waals surface area contributed by atoms with Crippen LogP contribution in [0.4, 0.5) is 5.69 Å². The Balaban J connectivity index is 2.11. The molecule has 6 nitrogen and oxygen atoms in total. The number of nitrogens with one attached hydrogen (secondary N) is 1. The number of anilines is 1. The minimum Gasteiger partial charge on any atom is -0.478 e. The van der Waals surface area contributed by atoms with Crippen LogP contribution in [-0.4, -0.2) is 22.1 Å². The first-order valence-corrected chi connectivity index (χ1v) is 5.80. The number of rotatable bonds is 4. The van der Waals surface area contributed by atoms with E-state index in [2.05, 4.69) is 10.5 Å². The second-order valence-electron chi connectivity index (χ2n) is 4.08. The second kappa shape index (κ2) is 5.83. The van der Waals surface area contributed by atoms with Crippen LogP contribution in [0.5, 0.6) is 0 Å². The largest absolute Gasteiger partial charge is 0.478 e. The van der Waals surface area contributed by atoms with Crippen molar-refractivity contribution in [1.82, 2.24) is 5.16 Å². The van der Waals surface area contributed by atoms with Crippen molar-refractivity contribution in [3.8, 4) is 0 Å². The summed E-state index contributed by atoms with van der Waals surface area (Å²) in [4.78, 5) is 22.3. The zero-order valence-corrected chi connectivity index (χ0v) is 10.7. The highest BCUT2D eigenvalue weighted by atomic mass is 16.5. The molecular weight excluding hydrogens is 260 g/mol. The highest BCUT2D eigenvalue weighted by molar-refractivity contribution is 6.02. The number of carbonyl (C=O) groups excluding carboxylic acids is 1. The van der Waals surface area contributed by atoms with Crippen LogP contribution >= 0.6 is 0 Å². The summed E-state index contributed by atoms with van der Waals surface area (Å²) in [6, 6.07) is 8.32. The van der Waals surface area contributed by atoms with E-state index in [1.807, 2.05) is 0 Å². The quantitative estimate of drug-likeness (QED) is 0.833. The third-order valence-electron chi connectivity index (χ3n) is 2.41. The highest BCUT2D eigenvalue weighted by Crippen LogP contribution is 2.14. The molecule has 0 fully saturated rings. The van der Waals surface area contributed by atoms with E-state index in [9.17, 15) is 9.59 Å². The van der Waals surface area contributed by atoms with E-state index >= 15 is 0 Å². The van der Waals surface area contributed by atoms with Crippen LogP contribution in [0.3, 0.4) is 0 Å². The van der Waals surface area contributed by atoms with Gasteiger partial charge in [-0.2, -0.15) is 0 Å². The molecule has 1 aromatic heterocycles. The minimum atomic E-state index is -1.03. The number of aryl methyl sites for hydroxylation is 1. The Kier molecular flexibility index (Phi) is 3.95. The van der Waals surface area contributed by atoms with E-state index in [0.717, 1.165) is 6.08 Å².